The maximum Gasteiger partial charge on any atom is 0.335 e. The zero-order valence-corrected chi connectivity index (χ0v) is 21.3. The monoisotopic (exact) mass is 493 g/mol. The van der Waals surface area contributed by atoms with Gasteiger partial charge in [-0.3, -0.25) is 14.5 Å². The van der Waals surface area contributed by atoms with Crippen LogP contribution in [0.5, 0.6) is 0 Å². The standard InChI is InChI=1S/C30H36FNO4/c1-3-5-7-13-32(14-8-6-4-2)20-25-15-23(30(35)36)10-9-22(25)19-29(34)27-17-24-16-26(31)12-11-21(24)18-28(27)33/h9-12,15-17H,3-8,13-14,18-20H2,1-2H3,(H,35,36). The predicted octanol–water partition coefficient (Wildman–Crippen LogP) is 6.03. The van der Waals surface area contributed by atoms with Crippen LogP contribution in [-0.2, 0) is 29.0 Å². The van der Waals surface area contributed by atoms with Gasteiger partial charge in [-0.1, -0.05) is 51.7 Å². The highest BCUT2D eigenvalue weighted by molar-refractivity contribution is 6.25. The summed E-state index contributed by atoms with van der Waals surface area (Å²) in [7, 11) is 0. The fourth-order valence-electron chi connectivity index (χ4n) is 4.63. The van der Waals surface area contributed by atoms with Crippen LogP contribution in [0.4, 0.5) is 4.39 Å². The summed E-state index contributed by atoms with van der Waals surface area (Å²) in [6, 6.07) is 9.08. The molecule has 36 heavy (non-hydrogen) atoms. The SMILES string of the molecule is CCCCCN(CCCCC)Cc1cc(C(=O)O)ccc1CC(=O)C1=Cc2cc(F)ccc2CC1=O. The van der Waals surface area contributed by atoms with E-state index >= 15 is 0 Å². The molecule has 0 aromatic heterocycles. The van der Waals surface area contributed by atoms with Crippen molar-refractivity contribution in [2.24, 2.45) is 0 Å². The molecule has 0 aliphatic heterocycles. The number of unbranched alkanes of at least 4 members (excludes halogenated alkanes) is 4. The second-order valence-corrected chi connectivity index (χ2v) is 9.58. The molecule has 2 aromatic carbocycles. The van der Waals surface area contributed by atoms with E-state index in [-0.39, 0.29) is 35.5 Å². The quantitative estimate of drug-likeness (QED) is 0.257. The molecule has 0 atom stereocenters. The Labute approximate surface area is 213 Å². The third-order valence-electron chi connectivity index (χ3n) is 6.71. The molecule has 0 spiro atoms. The van der Waals surface area contributed by atoms with E-state index < -0.39 is 11.8 Å². The van der Waals surface area contributed by atoms with E-state index in [9.17, 15) is 23.9 Å². The van der Waals surface area contributed by atoms with Crippen LogP contribution < -0.4 is 0 Å². The predicted molar refractivity (Wildman–Crippen MR) is 140 cm³/mol. The molecule has 1 aliphatic carbocycles. The summed E-state index contributed by atoms with van der Waals surface area (Å²) < 4.78 is 13.7. The molecule has 0 bridgehead atoms. The number of rotatable bonds is 14. The van der Waals surface area contributed by atoms with Crippen LogP contribution in [0.15, 0.2) is 42.0 Å². The lowest BCUT2D eigenvalue weighted by atomic mass is 9.87. The Morgan fingerprint density at radius 3 is 2.28 bits per heavy atom. The highest BCUT2D eigenvalue weighted by Crippen LogP contribution is 2.25. The number of carboxylic acids is 1. The van der Waals surface area contributed by atoms with Crippen LogP contribution in [0.3, 0.4) is 0 Å². The third kappa shape index (κ3) is 7.44. The molecule has 2 aromatic rings. The summed E-state index contributed by atoms with van der Waals surface area (Å²) in [5.41, 5.74) is 3.03. The van der Waals surface area contributed by atoms with E-state index in [0.29, 0.717) is 17.7 Å². The summed E-state index contributed by atoms with van der Waals surface area (Å²) in [6.07, 6.45) is 8.17. The molecular weight excluding hydrogens is 457 g/mol. The number of hydrogen-bond donors (Lipinski definition) is 1. The Hall–Kier alpha value is -3.12. The van der Waals surface area contributed by atoms with Gasteiger partial charge in [0.1, 0.15) is 5.82 Å². The molecule has 6 heteroatoms. The average Bonchev–Trinajstić information content (AvgIpc) is 2.84. The van der Waals surface area contributed by atoms with Gasteiger partial charge in [-0.15, -0.1) is 0 Å². The van der Waals surface area contributed by atoms with Gasteiger partial charge in [-0.2, -0.15) is 0 Å². The number of carbonyl (C=O) groups is 3. The Morgan fingerprint density at radius 2 is 1.64 bits per heavy atom. The lowest BCUT2D eigenvalue weighted by molar-refractivity contribution is -0.120. The second-order valence-electron chi connectivity index (χ2n) is 9.58. The number of nitrogens with zero attached hydrogens (tertiary/aromatic N) is 1. The molecule has 0 fully saturated rings. The zero-order valence-electron chi connectivity index (χ0n) is 21.3. The molecule has 3 rings (SSSR count). The van der Waals surface area contributed by atoms with Crippen molar-refractivity contribution >= 4 is 23.6 Å². The van der Waals surface area contributed by atoms with Crippen molar-refractivity contribution in [1.82, 2.24) is 4.90 Å². The van der Waals surface area contributed by atoms with Crippen LogP contribution in [0.25, 0.3) is 6.08 Å². The topological polar surface area (TPSA) is 74.7 Å². The first kappa shape index (κ1) is 27.5. The van der Waals surface area contributed by atoms with Crippen LogP contribution in [-0.4, -0.2) is 40.6 Å². The number of allylic oxidation sites excluding steroid dienone is 1. The molecular formula is C30H36FNO4. The van der Waals surface area contributed by atoms with Crippen LogP contribution in [0.2, 0.25) is 0 Å². The van der Waals surface area contributed by atoms with E-state index in [2.05, 4.69) is 18.7 Å². The van der Waals surface area contributed by atoms with E-state index in [1.165, 1.54) is 24.3 Å². The zero-order chi connectivity index (χ0) is 26.1. The third-order valence-corrected chi connectivity index (χ3v) is 6.71. The second kappa shape index (κ2) is 13.3. The first-order valence-electron chi connectivity index (χ1n) is 13.0. The molecule has 0 radical (unpaired) electrons. The van der Waals surface area contributed by atoms with E-state index in [1.807, 2.05) is 0 Å². The molecule has 0 unspecified atom stereocenters. The minimum absolute atomic E-state index is 0.00475. The highest BCUT2D eigenvalue weighted by Gasteiger charge is 2.25. The maximum atomic E-state index is 13.7. The first-order chi connectivity index (χ1) is 17.3. The Morgan fingerprint density at radius 1 is 0.944 bits per heavy atom. The smallest absolute Gasteiger partial charge is 0.335 e. The Balaban J connectivity index is 1.86. The van der Waals surface area contributed by atoms with E-state index in [0.717, 1.165) is 62.7 Å². The van der Waals surface area contributed by atoms with Crippen molar-refractivity contribution in [3.05, 3.63) is 75.6 Å². The summed E-state index contributed by atoms with van der Waals surface area (Å²) in [5, 5.41) is 9.55. The summed E-state index contributed by atoms with van der Waals surface area (Å²) in [5.74, 6) is -2.03. The van der Waals surface area contributed by atoms with Gasteiger partial charge in [0.25, 0.3) is 0 Å². The molecule has 192 valence electrons. The largest absolute Gasteiger partial charge is 0.478 e. The minimum Gasteiger partial charge on any atom is -0.478 e. The van der Waals surface area contributed by atoms with Gasteiger partial charge in [0.05, 0.1) is 11.1 Å². The van der Waals surface area contributed by atoms with Crippen molar-refractivity contribution in [3.63, 3.8) is 0 Å². The molecule has 1 N–H and O–H groups in total. The highest BCUT2D eigenvalue weighted by atomic mass is 19.1. The van der Waals surface area contributed by atoms with Crippen molar-refractivity contribution < 1.29 is 23.9 Å². The summed E-state index contributed by atoms with van der Waals surface area (Å²) in [4.78, 5) is 39.9. The number of benzene rings is 2. The van der Waals surface area contributed by atoms with Crippen molar-refractivity contribution in [2.75, 3.05) is 13.1 Å². The normalized spacial score (nSPS) is 13.0. The van der Waals surface area contributed by atoms with Crippen LogP contribution in [0, 0.1) is 5.82 Å². The number of halogens is 1. The number of ketones is 2. The van der Waals surface area contributed by atoms with Crippen molar-refractivity contribution in [1.29, 1.82) is 0 Å². The number of Topliss-reactive ketones (excluding diaryl/α,β-unsaturated/α-hetero) is 2. The van der Waals surface area contributed by atoms with Gasteiger partial charge in [0.15, 0.2) is 11.6 Å². The molecule has 0 heterocycles. The number of aromatic carboxylic acids is 1. The fraction of sp³-hybridized carbons (Fsp3) is 0.433. The summed E-state index contributed by atoms with van der Waals surface area (Å²) >= 11 is 0. The Bertz CT molecular complexity index is 1130. The molecule has 0 saturated heterocycles. The average molecular weight is 494 g/mol. The number of hydrogen-bond acceptors (Lipinski definition) is 4. The van der Waals surface area contributed by atoms with Gasteiger partial charge in [0, 0.05) is 19.4 Å². The lowest BCUT2D eigenvalue weighted by Gasteiger charge is -2.24. The lowest BCUT2D eigenvalue weighted by Crippen LogP contribution is -2.27. The molecule has 1 aliphatic rings. The van der Waals surface area contributed by atoms with Crippen LogP contribution in [0.1, 0.15) is 85.0 Å². The molecule has 0 saturated carbocycles. The van der Waals surface area contributed by atoms with E-state index in [1.54, 1.807) is 18.2 Å². The number of carboxylic acid groups (broad SMARTS) is 1. The van der Waals surface area contributed by atoms with Gasteiger partial charge >= 0.3 is 5.97 Å². The molecule has 5 nitrogen and oxygen atoms in total. The minimum atomic E-state index is -1.01. The van der Waals surface area contributed by atoms with Crippen LogP contribution >= 0.6 is 0 Å². The van der Waals surface area contributed by atoms with Gasteiger partial charge in [-0.05, 0) is 78.5 Å². The number of fused-ring (bicyclic) bond motifs is 1. The fourth-order valence-corrected chi connectivity index (χ4v) is 4.63. The summed E-state index contributed by atoms with van der Waals surface area (Å²) in [6.45, 7) is 6.70. The number of carbonyl (C=O) groups excluding carboxylic acids is 2. The van der Waals surface area contributed by atoms with Gasteiger partial charge in [0.2, 0.25) is 0 Å². The van der Waals surface area contributed by atoms with Gasteiger partial charge < -0.3 is 5.11 Å². The molecule has 0 amide bonds. The van der Waals surface area contributed by atoms with Crippen molar-refractivity contribution in [2.45, 2.75) is 71.8 Å². The first-order valence-corrected chi connectivity index (χ1v) is 13.0. The van der Waals surface area contributed by atoms with Gasteiger partial charge in [-0.25, -0.2) is 9.18 Å². The Kier molecular flexibility index (Phi) is 10.1. The van der Waals surface area contributed by atoms with Crippen molar-refractivity contribution in [3.8, 4) is 0 Å². The van der Waals surface area contributed by atoms with E-state index in [4.69, 9.17) is 0 Å². The maximum absolute atomic E-state index is 13.7.